The van der Waals surface area contributed by atoms with Gasteiger partial charge < -0.3 is 10.2 Å². The zero-order valence-corrected chi connectivity index (χ0v) is 11.6. The number of anilines is 1. The number of aromatic nitrogens is 4. The van der Waals surface area contributed by atoms with Gasteiger partial charge in [-0.05, 0) is 26.0 Å². The fraction of sp³-hybridized carbons (Fsp3) is 0.583. The third-order valence-corrected chi connectivity index (χ3v) is 3.56. The molecule has 2 aromatic heterocycles. The smallest absolute Gasteiger partial charge is 0.350 e. The van der Waals surface area contributed by atoms with Gasteiger partial charge in [0, 0.05) is 25.2 Å². The second-order valence-corrected chi connectivity index (χ2v) is 5.29. The average Bonchev–Trinajstić information content (AvgIpc) is 2.84. The minimum Gasteiger partial charge on any atom is -0.350 e. The third-order valence-electron chi connectivity index (χ3n) is 3.56. The fourth-order valence-electron chi connectivity index (χ4n) is 2.45. The van der Waals surface area contributed by atoms with Crippen LogP contribution in [-0.4, -0.2) is 45.0 Å². The van der Waals surface area contributed by atoms with Crippen molar-refractivity contribution in [2.24, 2.45) is 0 Å². The molecule has 0 unspecified atom stereocenters. The topological polar surface area (TPSA) is 58.3 Å². The van der Waals surface area contributed by atoms with E-state index in [1.165, 1.54) is 6.07 Å². The van der Waals surface area contributed by atoms with Crippen molar-refractivity contribution in [2.75, 3.05) is 18.0 Å². The quantitative estimate of drug-likeness (QED) is 0.861. The Morgan fingerprint density at radius 2 is 2.00 bits per heavy atom. The number of hydrogen-bond donors (Lipinski definition) is 1. The van der Waals surface area contributed by atoms with E-state index in [0.29, 0.717) is 12.4 Å². The first-order valence-corrected chi connectivity index (χ1v) is 6.66. The van der Waals surface area contributed by atoms with Gasteiger partial charge >= 0.3 is 6.18 Å². The zero-order chi connectivity index (χ0) is 15.2. The molecule has 3 heterocycles. The molecular weight excluding hydrogens is 285 g/mol. The summed E-state index contributed by atoms with van der Waals surface area (Å²) < 4.78 is 39.4. The molecule has 1 aliphatic heterocycles. The molecule has 114 valence electrons. The third kappa shape index (κ3) is 2.53. The van der Waals surface area contributed by atoms with Crippen LogP contribution in [0.2, 0.25) is 0 Å². The van der Waals surface area contributed by atoms with Crippen LogP contribution in [0.1, 0.15) is 19.7 Å². The van der Waals surface area contributed by atoms with E-state index in [4.69, 9.17) is 0 Å². The maximum Gasteiger partial charge on any atom is 0.453 e. The van der Waals surface area contributed by atoms with Crippen LogP contribution < -0.4 is 10.2 Å². The molecule has 1 aliphatic rings. The van der Waals surface area contributed by atoms with Gasteiger partial charge in [0.1, 0.15) is 5.82 Å². The highest BCUT2D eigenvalue weighted by atomic mass is 19.4. The predicted molar refractivity (Wildman–Crippen MR) is 70.1 cm³/mol. The van der Waals surface area contributed by atoms with Gasteiger partial charge in [-0.15, -0.1) is 15.3 Å². The minimum absolute atomic E-state index is 0.0851. The first-order valence-electron chi connectivity index (χ1n) is 6.66. The van der Waals surface area contributed by atoms with Crippen LogP contribution in [0.25, 0.3) is 5.65 Å². The van der Waals surface area contributed by atoms with E-state index in [9.17, 15) is 13.2 Å². The van der Waals surface area contributed by atoms with Crippen LogP contribution in [-0.2, 0) is 6.18 Å². The summed E-state index contributed by atoms with van der Waals surface area (Å²) in [5.74, 6) is -0.608. The van der Waals surface area contributed by atoms with E-state index in [0.717, 1.165) is 11.1 Å². The number of fused-ring (bicyclic) bond motifs is 1. The summed E-state index contributed by atoms with van der Waals surface area (Å²) >= 11 is 0. The maximum absolute atomic E-state index is 12.9. The van der Waals surface area contributed by atoms with Crippen molar-refractivity contribution in [2.45, 2.75) is 32.1 Å². The molecule has 1 saturated heterocycles. The number of nitrogens with one attached hydrogen (secondary N) is 1. The summed E-state index contributed by atoms with van der Waals surface area (Å²) in [5, 5.41) is 14.1. The van der Waals surface area contributed by atoms with Gasteiger partial charge in [-0.25, -0.2) is 0 Å². The standard InChI is InChI=1S/C12H15F3N6/c1-7-6-20(8(2)5-16-7)10-4-3-9-17-18-11(12(13,14)15)21(9)19-10/h3-4,7-8,16H,5-6H2,1-2H3/t7-,8+/m0/s1. The molecule has 1 N–H and O–H groups in total. The number of halogens is 3. The summed E-state index contributed by atoms with van der Waals surface area (Å²) in [6, 6.07) is 3.58. The van der Waals surface area contributed by atoms with Crippen molar-refractivity contribution < 1.29 is 13.2 Å². The van der Waals surface area contributed by atoms with Crippen molar-refractivity contribution in [3.8, 4) is 0 Å². The number of piperazine rings is 1. The highest BCUT2D eigenvalue weighted by molar-refractivity contribution is 5.47. The Kier molecular flexibility index (Phi) is 3.23. The summed E-state index contributed by atoms with van der Waals surface area (Å²) in [4.78, 5) is 1.99. The second kappa shape index (κ2) is 4.83. The van der Waals surface area contributed by atoms with Gasteiger partial charge in [-0.1, -0.05) is 0 Å². The first kappa shape index (κ1) is 14.1. The lowest BCUT2D eigenvalue weighted by molar-refractivity contribution is -0.146. The molecule has 0 aromatic carbocycles. The molecule has 0 amide bonds. The van der Waals surface area contributed by atoms with Crippen LogP contribution in [0.4, 0.5) is 19.0 Å². The van der Waals surface area contributed by atoms with E-state index < -0.39 is 12.0 Å². The van der Waals surface area contributed by atoms with Crippen LogP contribution in [0.3, 0.4) is 0 Å². The van der Waals surface area contributed by atoms with Crippen LogP contribution in [0.5, 0.6) is 0 Å². The number of alkyl halides is 3. The molecule has 21 heavy (non-hydrogen) atoms. The van der Waals surface area contributed by atoms with Crippen molar-refractivity contribution in [1.82, 2.24) is 25.1 Å². The van der Waals surface area contributed by atoms with E-state index in [1.54, 1.807) is 6.07 Å². The second-order valence-electron chi connectivity index (χ2n) is 5.29. The van der Waals surface area contributed by atoms with Crippen molar-refractivity contribution in [3.05, 3.63) is 18.0 Å². The minimum atomic E-state index is -4.58. The Hall–Kier alpha value is -1.90. The normalized spacial score (nSPS) is 23.8. The van der Waals surface area contributed by atoms with E-state index >= 15 is 0 Å². The Morgan fingerprint density at radius 1 is 1.24 bits per heavy atom. The molecule has 0 radical (unpaired) electrons. The molecule has 2 atom stereocenters. The van der Waals surface area contributed by atoms with Gasteiger partial charge in [-0.3, -0.25) is 0 Å². The largest absolute Gasteiger partial charge is 0.453 e. The van der Waals surface area contributed by atoms with E-state index in [1.807, 2.05) is 18.7 Å². The number of rotatable bonds is 1. The van der Waals surface area contributed by atoms with Crippen molar-refractivity contribution >= 4 is 11.5 Å². The lowest BCUT2D eigenvalue weighted by Gasteiger charge is -2.38. The Morgan fingerprint density at radius 3 is 2.71 bits per heavy atom. The fourth-order valence-corrected chi connectivity index (χ4v) is 2.45. The summed E-state index contributed by atoms with van der Waals surface area (Å²) in [6.45, 7) is 5.47. The van der Waals surface area contributed by atoms with Gasteiger partial charge in [0.2, 0.25) is 0 Å². The van der Waals surface area contributed by atoms with Gasteiger partial charge in [0.15, 0.2) is 5.65 Å². The molecule has 0 bridgehead atoms. The Labute approximate surface area is 119 Å². The molecule has 2 aromatic rings. The van der Waals surface area contributed by atoms with E-state index in [-0.39, 0.29) is 17.7 Å². The molecular formula is C12H15F3N6. The molecule has 6 nitrogen and oxygen atoms in total. The van der Waals surface area contributed by atoms with Crippen LogP contribution >= 0.6 is 0 Å². The lowest BCUT2D eigenvalue weighted by atomic mass is 10.1. The molecule has 0 saturated carbocycles. The van der Waals surface area contributed by atoms with Crippen LogP contribution in [0, 0.1) is 0 Å². The Balaban J connectivity index is 2.04. The highest BCUT2D eigenvalue weighted by Gasteiger charge is 2.38. The lowest BCUT2D eigenvalue weighted by Crippen LogP contribution is -2.54. The van der Waals surface area contributed by atoms with Crippen LogP contribution in [0.15, 0.2) is 12.1 Å². The zero-order valence-electron chi connectivity index (χ0n) is 11.6. The van der Waals surface area contributed by atoms with Gasteiger partial charge in [-0.2, -0.15) is 17.7 Å². The Bertz CT molecular complexity index is 652. The van der Waals surface area contributed by atoms with Gasteiger partial charge in [0.25, 0.3) is 5.82 Å². The maximum atomic E-state index is 12.9. The molecule has 0 spiro atoms. The monoisotopic (exact) mass is 300 g/mol. The first-order chi connectivity index (χ1) is 9.86. The SMILES string of the molecule is C[C@@H]1CN[C@@H](C)CN1c1ccc2nnc(C(F)(F)F)n2n1. The molecule has 1 fully saturated rings. The molecule has 0 aliphatic carbocycles. The van der Waals surface area contributed by atoms with E-state index in [2.05, 4.69) is 20.6 Å². The molecule has 9 heteroatoms. The summed E-state index contributed by atoms with van der Waals surface area (Å²) in [7, 11) is 0. The summed E-state index contributed by atoms with van der Waals surface area (Å²) in [6.07, 6.45) is -4.58. The number of hydrogen-bond acceptors (Lipinski definition) is 5. The predicted octanol–water partition coefficient (Wildman–Crippen LogP) is 1.33. The van der Waals surface area contributed by atoms with Crippen molar-refractivity contribution in [1.29, 1.82) is 0 Å². The summed E-state index contributed by atoms with van der Waals surface area (Å²) in [5.41, 5.74) is 0.0851. The highest BCUT2D eigenvalue weighted by Crippen LogP contribution is 2.28. The van der Waals surface area contributed by atoms with Gasteiger partial charge in [0.05, 0.1) is 0 Å². The van der Waals surface area contributed by atoms with Crippen molar-refractivity contribution in [3.63, 3.8) is 0 Å². The average molecular weight is 300 g/mol. The number of nitrogens with zero attached hydrogens (tertiary/aromatic N) is 5. The molecule has 3 rings (SSSR count).